The Bertz CT molecular complexity index is 1740. The van der Waals surface area contributed by atoms with Crippen LogP contribution in [0.4, 0.5) is 5.69 Å². The van der Waals surface area contributed by atoms with Crippen molar-refractivity contribution in [1.29, 1.82) is 0 Å². The summed E-state index contributed by atoms with van der Waals surface area (Å²) in [6, 6.07) is 26.7. The summed E-state index contributed by atoms with van der Waals surface area (Å²) in [5.74, 6) is -6.37. The van der Waals surface area contributed by atoms with Gasteiger partial charge >= 0.3 is 11.9 Å². The lowest BCUT2D eigenvalue weighted by atomic mass is 9.55. The normalized spacial score (nSPS) is 21.7. The van der Waals surface area contributed by atoms with Crippen LogP contribution < -0.4 is 5.32 Å². The molecule has 9 heteroatoms. The van der Waals surface area contributed by atoms with Crippen LogP contribution in [0.1, 0.15) is 60.4 Å². The van der Waals surface area contributed by atoms with Crippen LogP contribution in [0.15, 0.2) is 97.1 Å². The van der Waals surface area contributed by atoms with Gasteiger partial charge in [0.2, 0.25) is 17.7 Å². The number of imide groups is 1. The van der Waals surface area contributed by atoms with Crippen LogP contribution in [0, 0.1) is 11.8 Å². The van der Waals surface area contributed by atoms with Crippen molar-refractivity contribution in [2.24, 2.45) is 11.8 Å². The van der Waals surface area contributed by atoms with Gasteiger partial charge < -0.3 is 15.5 Å². The Morgan fingerprint density at radius 1 is 0.659 bits per heavy atom. The number of carbonyl (C=O) groups excluding carboxylic acids is 3. The second-order valence-corrected chi connectivity index (χ2v) is 11.4. The maximum atomic E-state index is 14.4. The van der Waals surface area contributed by atoms with Crippen molar-refractivity contribution in [3.8, 4) is 0 Å². The van der Waals surface area contributed by atoms with E-state index in [2.05, 4.69) is 5.32 Å². The molecular formula is C35H26N2O7. The summed E-state index contributed by atoms with van der Waals surface area (Å²) in [5, 5.41) is 21.6. The molecule has 0 saturated carbocycles. The molecule has 0 radical (unpaired) electrons. The van der Waals surface area contributed by atoms with Crippen LogP contribution in [-0.4, -0.2) is 50.8 Å². The number of nitrogens with one attached hydrogen (secondary N) is 1. The van der Waals surface area contributed by atoms with Gasteiger partial charge in [-0.3, -0.25) is 19.3 Å². The molecule has 1 saturated heterocycles. The van der Waals surface area contributed by atoms with Gasteiger partial charge in [0.25, 0.3) is 0 Å². The number of amides is 3. The van der Waals surface area contributed by atoms with E-state index in [0.717, 1.165) is 45.4 Å². The Balaban J connectivity index is 1.30. The molecule has 1 heterocycles. The van der Waals surface area contributed by atoms with Crippen molar-refractivity contribution in [3.63, 3.8) is 0 Å². The number of nitrogens with zero attached hydrogens (tertiary/aromatic N) is 1. The van der Waals surface area contributed by atoms with Crippen LogP contribution in [0.2, 0.25) is 0 Å². The molecule has 3 aliphatic carbocycles. The fraction of sp³-hybridized carbons (Fsp3) is 0.171. The number of carboxylic acid groups (broad SMARTS) is 2. The minimum atomic E-state index is -1.37. The van der Waals surface area contributed by atoms with E-state index in [4.69, 9.17) is 0 Å². The molecule has 1 aliphatic heterocycles. The van der Waals surface area contributed by atoms with E-state index in [-0.39, 0.29) is 35.1 Å². The Hall–Kier alpha value is -5.57. The first-order chi connectivity index (χ1) is 21.2. The van der Waals surface area contributed by atoms with Crippen molar-refractivity contribution in [2.45, 2.75) is 24.3 Å². The van der Waals surface area contributed by atoms with Crippen LogP contribution in [-0.2, 0) is 20.8 Å². The highest BCUT2D eigenvalue weighted by Gasteiger charge is 2.63. The Labute approximate surface area is 251 Å². The molecule has 218 valence electrons. The number of hydrogen-bond acceptors (Lipinski definition) is 5. The number of aromatic carboxylic acids is 2. The molecule has 0 aromatic heterocycles. The zero-order valence-corrected chi connectivity index (χ0v) is 23.2. The standard InChI is InChI=1S/C35H26N2O7/c38-31(36-21-16-19(34(41)42)15-20(17-21)35(43)44)26(14-18-8-2-1-3-9-18)37-32(39)29-27-22-10-4-5-11-23(22)28(30(29)33(37)40)25-13-7-6-12-24(25)27/h1-13,15-17,26-30H,14H2,(H,36,38)(H,41,42)(H,43,44). The average Bonchev–Trinajstić information content (AvgIpc) is 3.29. The first-order valence-corrected chi connectivity index (χ1v) is 14.3. The number of likely N-dealkylation sites (tertiary alicyclic amines) is 1. The Morgan fingerprint density at radius 2 is 1.09 bits per heavy atom. The summed E-state index contributed by atoms with van der Waals surface area (Å²) >= 11 is 0. The first-order valence-electron chi connectivity index (χ1n) is 14.3. The van der Waals surface area contributed by atoms with Gasteiger partial charge in [-0.25, -0.2) is 9.59 Å². The van der Waals surface area contributed by atoms with Crippen LogP contribution >= 0.6 is 0 Å². The lowest BCUT2D eigenvalue weighted by Gasteiger charge is -2.45. The molecule has 0 spiro atoms. The van der Waals surface area contributed by atoms with Gasteiger partial charge in [-0.2, -0.15) is 0 Å². The van der Waals surface area contributed by atoms with Crippen LogP contribution in [0.5, 0.6) is 0 Å². The van der Waals surface area contributed by atoms with Gasteiger partial charge in [-0.05, 0) is 46.0 Å². The third-order valence-corrected chi connectivity index (χ3v) is 9.06. The lowest BCUT2D eigenvalue weighted by molar-refractivity contribution is -0.146. The molecule has 3 N–H and O–H groups in total. The second-order valence-electron chi connectivity index (χ2n) is 11.4. The minimum absolute atomic E-state index is 0.0171. The van der Waals surface area contributed by atoms with E-state index in [1.54, 1.807) is 24.3 Å². The molecule has 4 aromatic carbocycles. The largest absolute Gasteiger partial charge is 0.478 e. The zero-order valence-electron chi connectivity index (χ0n) is 23.2. The van der Waals surface area contributed by atoms with Gasteiger partial charge in [-0.15, -0.1) is 0 Å². The van der Waals surface area contributed by atoms with Gasteiger partial charge in [0.05, 0.1) is 23.0 Å². The fourth-order valence-electron chi connectivity index (χ4n) is 7.32. The SMILES string of the molecule is O=C(O)c1cc(NC(=O)C(Cc2ccccc2)N2C(=O)C3C4c5ccccc5C(c5ccccc54)C3C2=O)cc(C(=O)O)c1. The van der Waals surface area contributed by atoms with Crippen molar-refractivity contribution in [1.82, 2.24) is 4.90 Å². The summed E-state index contributed by atoms with van der Waals surface area (Å²) in [4.78, 5) is 67.3. The average molecular weight is 587 g/mol. The quantitative estimate of drug-likeness (QED) is 0.270. The van der Waals surface area contributed by atoms with Crippen LogP contribution in [0.25, 0.3) is 0 Å². The number of rotatable bonds is 7. The summed E-state index contributed by atoms with van der Waals surface area (Å²) in [6.45, 7) is 0. The lowest BCUT2D eigenvalue weighted by Crippen LogP contribution is -2.49. The predicted octanol–water partition coefficient (Wildman–Crippen LogP) is 4.53. The number of anilines is 1. The van der Waals surface area contributed by atoms with Gasteiger partial charge in [0, 0.05) is 23.9 Å². The van der Waals surface area contributed by atoms with Gasteiger partial charge in [0.1, 0.15) is 6.04 Å². The molecule has 3 atom stereocenters. The van der Waals surface area contributed by atoms with Crippen molar-refractivity contribution in [2.75, 3.05) is 5.32 Å². The third-order valence-electron chi connectivity index (χ3n) is 9.06. The number of carbonyl (C=O) groups is 5. The number of hydrogen-bond donors (Lipinski definition) is 3. The fourth-order valence-corrected chi connectivity index (χ4v) is 7.32. The molecule has 1 fully saturated rings. The van der Waals surface area contributed by atoms with E-state index in [1.807, 2.05) is 54.6 Å². The molecule has 4 aromatic rings. The van der Waals surface area contributed by atoms with E-state index in [0.29, 0.717) is 5.56 Å². The third kappa shape index (κ3) is 4.19. The number of carboxylic acids is 2. The molecule has 4 aliphatic rings. The van der Waals surface area contributed by atoms with Crippen molar-refractivity contribution in [3.05, 3.63) is 136 Å². The van der Waals surface area contributed by atoms with Gasteiger partial charge in [-0.1, -0.05) is 78.9 Å². The molecule has 3 amide bonds. The van der Waals surface area contributed by atoms with Gasteiger partial charge in [0.15, 0.2) is 0 Å². The van der Waals surface area contributed by atoms with E-state index < -0.39 is 47.5 Å². The minimum Gasteiger partial charge on any atom is -0.478 e. The van der Waals surface area contributed by atoms with E-state index in [1.165, 1.54) is 0 Å². The number of benzene rings is 4. The summed E-state index contributed by atoms with van der Waals surface area (Å²) < 4.78 is 0. The highest BCUT2D eigenvalue weighted by molar-refractivity contribution is 6.12. The summed E-state index contributed by atoms with van der Waals surface area (Å²) in [7, 11) is 0. The predicted molar refractivity (Wildman–Crippen MR) is 158 cm³/mol. The second kappa shape index (κ2) is 10.3. The van der Waals surface area contributed by atoms with E-state index in [9.17, 15) is 34.2 Å². The molecule has 9 nitrogen and oxygen atoms in total. The molecule has 44 heavy (non-hydrogen) atoms. The Kier molecular flexibility index (Phi) is 6.39. The smallest absolute Gasteiger partial charge is 0.335 e. The van der Waals surface area contributed by atoms with Crippen molar-refractivity contribution >= 4 is 35.3 Å². The topological polar surface area (TPSA) is 141 Å². The van der Waals surface area contributed by atoms with E-state index >= 15 is 0 Å². The highest BCUT2D eigenvalue weighted by atomic mass is 16.4. The molecular weight excluding hydrogens is 560 g/mol. The maximum absolute atomic E-state index is 14.4. The molecule has 2 bridgehead atoms. The summed E-state index contributed by atoms with van der Waals surface area (Å²) in [5.41, 5.74) is 4.03. The maximum Gasteiger partial charge on any atom is 0.335 e. The summed E-state index contributed by atoms with van der Waals surface area (Å²) in [6.07, 6.45) is 0.0171. The molecule has 3 unspecified atom stereocenters. The zero-order chi connectivity index (χ0) is 30.7. The van der Waals surface area contributed by atoms with Crippen LogP contribution in [0.3, 0.4) is 0 Å². The first kappa shape index (κ1) is 27.3. The molecule has 8 rings (SSSR count). The Morgan fingerprint density at radius 3 is 1.52 bits per heavy atom. The highest BCUT2D eigenvalue weighted by Crippen LogP contribution is 2.61. The van der Waals surface area contributed by atoms with Crippen molar-refractivity contribution < 1.29 is 34.2 Å². The monoisotopic (exact) mass is 586 g/mol.